The highest BCUT2D eigenvalue weighted by Gasteiger charge is 2.14. The molecule has 0 heterocycles. The van der Waals surface area contributed by atoms with Crippen molar-refractivity contribution in [1.29, 1.82) is 0 Å². The topological polar surface area (TPSA) is 46.5 Å². The van der Waals surface area contributed by atoms with E-state index in [1.807, 2.05) is 54.6 Å². The Morgan fingerprint density at radius 1 is 1.14 bits per heavy atom. The number of carboxylic acids is 1. The summed E-state index contributed by atoms with van der Waals surface area (Å²) in [7, 11) is 0. The SMILES string of the molecule is CCC(Oc1ccc(CC(Cl)C(=O)O)cc1)c1ccccc1. The van der Waals surface area contributed by atoms with Gasteiger partial charge in [-0.15, -0.1) is 11.6 Å². The van der Waals surface area contributed by atoms with E-state index >= 15 is 0 Å². The minimum atomic E-state index is -1.00. The first kappa shape index (κ1) is 16.4. The lowest BCUT2D eigenvalue weighted by atomic mass is 10.1. The first-order valence-electron chi connectivity index (χ1n) is 7.27. The van der Waals surface area contributed by atoms with Crippen LogP contribution < -0.4 is 4.74 Å². The lowest BCUT2D eigenvalue weighted by Crippen LogP contribution is -2.15. The molecule has 22 heavy (non-hydrogen) atoms. The average molecular weight is 319 g/mol. The third-order valence-electron chi connectivity index (χ3n) is 3.43. The molecule has 0 fully saturated rings. The van der Waals surface area contributed by atoms with Gasteiger partial charge in [-0.25, -0.2) is 0 Å². The number of benzene rings is 2. The molecule has 2 aromatic rings. The van der Waals surface area contributed by atoms with E-state index in [4.69, 9.17) is 21.4 Å². The van der Waals surface area contributed by atoms with Gasteiger partial charge in [-0.1, -0.05) is 49.4 Å². The third kappa shape index (κ3) is 4.50. The molecule has 0 bridgehead atoms. The second-order valence-corrected chi connectivity index (χ2v) is 5.61. The van der Waals surface area contributed by atoms with Gasteiger partial charge in [0, 0.05) is 0 Å². The van der Waals surface area contributed by atoms with Crippen molar-refractivity contribution in [2.24, 2.45) is 0 Å². The maximum Gasteiger partial charge on any atom is 0.321 e. The smallest absolute Gasteiger partial charge is 0.321 e. The largest absolute Gasteiger partial charge is 0.486 e. The van der Waals surface area contributed by atoms with Crippen LogP contribution in [0.25, 0.3) is 0 Å². The summed E-state index contributed by atoms with van der Waals surface area (Å²) in [5.74, 6) is -0.238. The van der Waals surface area contributed by atoms with Crippen LogP contribution in [-0.2, 0) is 11.2 Å². The molecule has 116 valence electrons. The van der Waals surface area contributed by atoms with Crippen LogP contribution in [0.1, 0.15) is 30.6 Å². The van der Waals surface area contributed by atoms with Crippen molar-refractivity contribution in [3.05, 3.63) is 65.7 Å². The molecule has 1 N–H and O–H groups in total. The van der Waals surface area contributed by atoms with Crippen LogP contribution in [-0.4, -0.2) is 16.5 Å². The van der Waals surface area contributed by atoms with Crippen LogP contribution >= 0.6 is 11.6 Å². The molecule has 0 saturated heterocycles. The third-order valence-corrected chi connectivity index (χ3v) is 3.77. The minimum absolute atomic E-state index is 0.00634. The van der Waals surface area contributed by atoms with Crippen molar-refractivity contribution in [3.63, 3.8) is 0 Å². The number of halogens is 1. The molecular formula is C18H19ClO3. The Kier molecular flexibility index (Phi) is 5.84. The van der Waals surface area contributed by atoms with E-state index in [9.17, 15) is 4.79 Å². The molecule has 0 spiro atoms. The molecule has 0 amide bonds. The van der Waals surface area contributed by atoms with Crippen LogP contribution in [0.5, 0.6) is 5.75 Å². The molecule has 3 nitrogen and oxygen atoms in total. The Morgan fingerprint density at radius 3 is 2.32 bits per heavy atom. The fraction of sp³-hybridized carbons (Fsp3) is 0.278. The lowest BCUT2D eigenvalue weighted by molar-refractivity contribution is -0.136. The van der Waals surface area contributed by atoms with Gasteiger partial charge in [0.15, 0.2) is 0 Å². The van der Waals surface area contributed by atoms with Crippen molar-refractivity contribution in [3.8, 4) is 5.75 Å². The van der Waals surface area contributed by atoms with Crippen LogP contribution in [0.4, 0.5) is 0 Å². The van der Waals surface area contributed by atoms with E-state index in [0.29, 0.717) is 6.42 Å². The zero-order valence-electron chi connectivity index (χ0n) is 12.4. The summed E-state index contributed by atoms with van der Waals surface area (Å²) in [6.45, 7) is 2.08. The molecule has 0 aliphatic carbocycles. The number of ether oxygens (including phenoxy) is 1. The molecule has 4 heteroatoms. The summed E-state index contributed by atoms with van der Waals surface area (Å²) in [5.41, 5.74) is 2.02. The maximum absolute atomic E-state index is 10.8. The van der Waals surface area contributed by atoms with E-state index in [1.165, 1.54) is 0 Å². The highest BCUT2D eigenvalue weighted by Crippen LogP contribution is 2.25. The van der Waals surface area contributed by atoms with Gasteiger partial charge in [0.25, 0.3) is 0 Å². The second-order valence-electron chi connectivity index (χ2n) is 5.08. The molecule has 0 saturated carbocycles. The van der Waals surface area contributed by atoms with Crippen molar-refractivity contribution >= 4 is 17.6 Å². The quantitative estimate of drug-likeness (QED) is 0.767. The fourth-order valence-electron chi connectivity index (χ4n) is 2.22. The monoisotopic (exact) mass is 318 g/mol. The zero-order chi connectivity index (χ0) is 15.9. The first-order chi connectivity index (χ1) is 10.6. The lowest BCUT2D eigenvalue weighted by Gasteiger charge is -2.18. The molecule has 0 aliphatic rings. The van der Waals surface area contributed by atoms with Gasteiger partial charge in [-0.05, 0) is 36.1 Å². The maximum atomic E-state index is 10.8. The molecular weight excluding hydrogens is 300 g/mol. The van der Waals surface area contributed by atoms with E-state index < -0.39 is 11.3 Å². The van der Waals surface area contributed by atoms with E-state index in [2.05, 4.69) is 6.92 Å². The van der Waals surface area contributed by atoms with E-state index in [1.54, 1.807) is 0 Å². The molecule has 0 aromatic heterocycles. The Labute approximate surface area is 135 Å². The molecule has 0 radical (unpaired) electrons. The second kappa shape index (κ2) is 7.85. The average Bonchev–Trinajstić information content (AvgIpc) is 2.54. The summed E-state index contributed by atoms with van der Waals surface area (Å²) >= 11 is 5.75. The number of carbonyl (C=O) groups is 1. The molecule has 2 atom stereocenters. The highest BCUT2D eigenvalue weighted by atomic mass is 35.5. The number of rotatable bonds is 7. The van der Waals surface area contributed by atoms with Gasteiger partial charge < -0.3 is 9.84 Å². The van der Waals surface area contributed by atoms with Crippen molar-refractivity contribution in [2.75, 3.05) is 0 Å². The Morgan fingerprint density at radius 2 is 1.77 bits per heavy atom. The highest BCUT2D eigenvalue weighted by molar-refractivity contribution is 6.29. The Hall–Kier alpha value is -2.00. The van der Waals surface area contributed by atoms with E-state index in [0.717, 1.165) is 23.3 Å². The van der Waals surface area contributed by atoms with Crippen molar-refractivity contribution in [1.82, 2.24) is 0 Å². The molecule has 2 unspecified atom stereocenters. The van der Waals surface area contributed by atoms with Crippen molar-refractivity contribution in [2.45, 2.75) is 31.2 Å². The minimum Gasteiger partial charge on any atom is -0.486 e. The summed E-state index contributed by atoms with van der Waals surface area (Å²) in [6.07, 6.45) is 1.17. The first-order valence-corrected chi connectivity index (χ1v) is 7.71. The normalized spacial score (nSPS) is 13.4. The van der Waals surface area contributed by atoms with Gasteiger partial charge in [0.1, 0.15) is 17.2 Å². The fourth-order valence-corrected chi connectivity index (χ4v) is 2.40. The number of hydrogen-bond donors (Lipinski definition) is 1. The van der Waals surface area contributed by atoms with Gasteiger partial charge in [-0.3, -0.25) is 4.79 Å². The van der Waals surface area contributed by atoms with Crippen LogP contribution in [0, 0.1) is 0 Å². The van der Waals surface area contributed by atoms with Crippen LogP contribution in [0.2, 0.25) is 0 Å². The standard InChI is InChI=1S/C18H19ClO3/c1-2-17(14-6-4-3-5-7-14)22-15-10-8-13(9-11-15)12-16(19)18(20)21/h3-11,16-17H,2,12H2,1H3,(H,20,21). The molecule has 2 aromatic carbocycles. The summed E-state index contributed by atoms with van der Waals surface area (Å²) in [5, 5.41) is 7.91. The van der Waals surface area contributed by atoms with Crippen molar-refractivity contribution < 1.29 is 14.6 Å². The Balaban J connectivity index is 2.02. The molecule has 2 rings (SSSR count). The summed E-state index contributed by atoms with van der Waals surface area (Å²) in [6, 6.07) is 17.5. The van der Waals surface area contributed by atoms with Gasteiger partial charge >= 0.3 is 5.97 Å². The van der Waals surface area contributed by atoms with E-state index in [-0.39, 0.29) is 6.10 Å². The van der Waals surface area contributed by atoms with Gasteiger partial charge in [0.05, 0.1) is 0 Å². The van der Waals surface area contributed by atoms with Gasteiger partial charge in [-0.2, -0.15) is 0 Å². The van der Waals surface area contributed by atoms with Crippen LogP contribution in [0.3, 0.4) is 0 Å². The zero-order valence-corrected chi connectivity index (χ0v) is 13.2. The predicted molar refractivity (Wildman–Crippen MR) is 87.5 cm³/mol. The van der Waals surface area contributed by atoms with Gasteiger partial charge in [0.2, 0.25) is 0 Å². The number of hydrogen-bond acceptors (Lipinski definition) is 2. The molecule has 0 aliphatic heterocycles. The van der Waals surface area contributed by atoms with Crippen LogP contribution in [0.15, 0.2) is 54.6 Å². The summed E-state index contributed by atoms with van der Waals surface area (Å²) in [4.78, 5) is 10.8. The predicted octanol–water partition coefficient (Wildman–Crippen LogP) is 4.45. The summed E-state index contributed by atoms with van der Waals surface area (Å²) < 4.78 is 6.01. The Bertz CT molecular complexity index is 595. The number of aliphatic carboxylic acids is 1. The number of alkyl halides is 1. The number of carboxylic acid groups (broad SMARTS) is 1.